The third kappa shape index (κ3) is 3.17. The summed E-state index contributed by atoms with van der Waals surface area (Å²) < 4.78 is 10.6. The molecule has 1 N–H and O–H groups in total. The maximum Gasteiger partial charge on any atom is 0.336 e. The molecule has 4 aromatic rings. The first-order valence-corrected chi connectivity index (χ1v) is 8.27. The quantitative estimate of drug-likeness (QED) is 0.324. The van der Waals surface area contributed by atoms with Gasteiger partial charge in [-0.15, -0.1) is 0 Å². The van der Waals surface area contributed by atoms with Crippen molar-refractivity contribution in [3.8, 4) is 11.5 Å². The average molecular weight is 343 g/mol. The smallest absolute Gasteiger partial charge is 0.336 e. The monoisotopic (exact) mass is 343 g/mol. The molecule has 0 saturated carbocycles. The van der Waals surface area contributed by atoms with Crippen LogP contribution in [0.25, 0.3) is 27.9 Å². The lowest BCUT2D eigenvalue weighted by molar-refractivity contribution is -0.128. The number of aromatic amines is 1. The van der Waals surface area contributed by atoms with E-state index in [1.54, 1.807) is 19.3 Å². The fraction of sp³-hybridized carbons (Fsp3) is 0.0455. The zero-order valence-electron chi connectivity index (χ0n) is 14.2. The van der Waals surface area contributed by atoms with Gasteiger partial charge in [0.25, 0.3) is 0 Å². The summed E-state index contributed by atoms with van der Waals surface area (Å²) in [7, 11) is 1.61. The number of ether oxygens (including phenoxy) is 2. The van der Waals surface area contributed by atoms with Gasteiger partial charge in [-0.25, -0.2) is 4.79 Å². The van der Waals surface area contributed by atoms with Gasteiger partial charge in [-0.3, -0.25) is 0 Å². The predicted molar refractivity (Wildman–Crippen MR) is 103 cm³/mol. The Bertz CT molecular complexity index is 1120. The van der Waals surface area contributed by atoms with Crippen molar-refractivity contribution >= 4 is 33.9 Å². The molecular weight excluding hydrogens is 326 g/mol. The van der Waals surface area contributed by atoms with Gasteiger partial charge in [0.15, 0.2) is 0 Å². The topological polar surface area (TPSA) is 51.3 Å². The van der Waals surface area contributed by atoms with Gasteiger partial charge >= 0.3 is 5.97 Å². The van der Waals surface area contributed by atoms with Crippen LogP contribution in [0.4, 0.5) is 0 Å². The van der Waals surface area contributed by atoms with Crippen molar-refractivity contribution in [2.75, 3.05) is 7.11 Å². The molecule has 0 aliphatic carbocycles. The number of methoxy groups -OCH3 is 1. The molecular formula is C22H17NO3. The van der Waals surface area contributed by atoms with Crippen molar-refractivity contribution in [1.29, 1.82) is 0 Å². The number of benzene rings is 3. The summed E-state index contributed by atoms with van der Waals surface area (Å²) in [5.74, 6) is 0.833. The van der Waals surface area contributed by atoms with Gasteiger partial charge in [0.1, 0.15) is 11.5 Å². The van der Waals surface area contributed by atoms with Crippen molar-refractivity contribution < 1.29 is 14.3 Å². The molecule has 0 bridgehead atoms. The minimum atomic E-state index is -0.424. The highest BCUT2D eigenvalue weighted by Crippen LogP contribution is 2.28. The van der Waals surface area contributed by atoms with E-state index in [9.17, 15) is 4.79 Å². The van der Waals surface area contributed by atoms with E-state index in [0.29, 0.717) is 5.75 Å². The number of rotatable bonds is 4. The normalized spacial score (nSPS) is 11.3. The summed E-state index contributed by atoms with van der Waals surface area (Å²) in [5.41, 5.74) is 2.94. The molecule has 0 fully saturated rings. The summed E-state index contributed by atoms with van der Waals surface area (Å²) in [5, 5.41) is 2.13. The molecule has 26 heavy (non-hydrogen) atoms. The van der Waals surface area contributed by atoms with E-state index in [2.05, 4.69) is 4.98 Å². The summed E-state index contributed by atoms with van der Waals surface area (Å²) in [4.78, 5) is 15.5. The molecule has 4 heteroatoms. The Hall–Kier alpha value is -3.53. The van der Waals surface area contributed by atoms with E-state index in [0.717, 1.165) is 33.1 Å². The molecule has 0 spiro atoms. The predicted octanol–water partition coefficient (Wildman–Crippen LogP) is 4.95. The molecule has 0 unspecified atom stereocenters. The molecule has 4 nitrogen and oxygen atoms in total. The van der Waals surface area contributed by atoms with Crippen LogP contribution in [0.15, 0.2) is 72.8 Å². The Morgan fingerprint density at radius 2 is 1.73 bits per heavy atom. The first kappa shape index (κ1) is 16.0. The van der Waals surface area contributed by atoms with E-state index >= 15 is 0 Å². The summed E-state index contributed by atoms with van der Waals surface area (Å²) in [6, 6.07) is 21.1. The van der Waals surface area contributed by atoms with Gasteiger partial charge in [-0.05, 0) is 48.0 Å². The maximum absolute atomic E-state index is 12.1. The number of esters is 1. The maximum atomic E-state index is 12.1. The molecule has 128 valence electrons. The van der Waals surface area contributed by atoms with E-state index < -0.39 is 5.97 Å². The molecule has 0 amide bonds. The van der Waals surface area contributed by atoms with E-state index in [1.807, 2.05) is 60.7 Å². The van der Waals surface area contributed by atoms with Crippen LogP contribution in [0.2, 0.25) is 0 Å². The van der Waals surface area contributed by atoms with E-state index in [-0.39, 0.29) is 0 Å². The Kier molecular flexibility index (Phi) is 4.15. The Labute approximate surface area is 150 Å². The molecule has 0 aliphatic rings. The molecule has 0 atom stereocenters. The number of aromatic nitrogens is 1. The lowest BCUT2D eigenvalue weighted by Gasteiger charge is -2.02. The minimum absolute atomic E-state index is 0.424. The lowest BCUT2D eigenvalue weighted by atomic mass is 10.1. The van der Waals surface area contributed by atoms with Crippen LogP contribution in [-0.4, -0.2) is 18.1 Å². The Morgan fingerprint density at radius 1 is 0.885 bits per heavy atom. The van der Waals surface area contributed by atoms with Gasteiger partial charge < -0.3 is 14.5 Å². The van der Waals surface area contributed by atoms with Crippen LogP contribution in [0, 0.1) is 0 Å². The van der Waals surface area contributed by atoms with Gasteiger partial charge in [0.05, 0.1) is 7.11 Å². The van der Waals surface area contributed by atoms with Crippen LogP contribution in [0.1, 0.15) is 5.56 Å². The van der Waals surface area contributed by atoms with Gasteiger partial charge in [0.2, 0.25) is 0 Å². The van der Waals surface area contributed by atoms with E-state index in [4.69, 9.17) is 9.47 Å². The minimum Gasteiger partial charge on any atom is -0.497 e. The summed E-state index contributed by atoms with van der Waals surface area (Å²) >= 11 is 0. The molecule has 4 rings (SSSR count). The SMILES string of the molecule is COc1cccc(/C=C/C(=O)Oc2ccc3[nH]c4ccccc4c3c2)c1. The number of fused-ring (bicyclic) bond motifs is 3. The Balaban J connectivity index is 1.55. The van der Waals surface area contributed by atoms with Crippen LogP contribution < -0.4 is 9.47 Å². The first-order valence-electron chi connectivity index (χ1n) is 8.27. The van der Waals surface area contributed by atoms with Crippen LogP contribution >= 0.6 is 0 Å². The number of hydrogen-bond donors (Lipinski definition) is 1. The van der Waals surface area contributed by atoms with Crippen LogP contribution in [-0.2, 0) is 4.79 Å². The molecule has 1 aromatic heterocycles. The Morgan fingerprint density at radius 3 is 2.62 bits per heavy atom. The highest BCUT2D eigenvalue weighted by atomic mass is 16.5. The number of para-hydroxylation sites is 1. The van der Waals surface area contributed by atoms with Gasteiger partial charge in [-0.2, -0.15) is 0 Å². The number of carbonyl (C=O) groups is 1. The lowest BCUT2D eigenvalue weighted by Crippen LogP contribution is -2.03. The number of carbonyl (C=O) groups excluding carboxylic acids is 1. The second-order valence-electron chi connectivity index (χ2n) is 5.91. The third-order valence-corrected chi connectivity index (χ3v) is 4.20. The molecule has 0 radical (unpaired) electrons. The summed E-state index contributed by atoms with van der Waals surface area (Å²) in [6.07, 6.45) is 3.11. The molecule has 1 heterocycles. The number of nitrogens with one attached hydrogen (secondary N) is 1. The second-order valence-corrected chi connectivity index (χ2v) is 5.91. The van der Waals surface area contributed by atoms with Gasteiger partial charge in [-0.1, -0.05) is 30.3 Å². The first-order chi connectivity index (χ1) is 12.7. The van der Waals surface area contributed by atoms with Gasteiger partial charge in [0, 0.05) is 27.9 Å². The molecule has 3 aromatic carbocycles. The number of H-pyrrole nitrogens is 1. The number of hydrogen-bond acceptors (Lipinski definition) is 3. The van der Waals surface area contributed by atoms with E-state index in [1.165, 1.54) is 6.08 Å². The van der Waals surface area contributed by atoms with Crippen LogP contribution in [0.5, 0.6) is 11.5 Å². The molecule has 0 aliphatic heterocycles. The third-order valence-electron chi connectivity index (χ3n) is 4.20. The molecule has 0 saturated heterocycles. The fourth-order valence-corrected chi connectivity index (χ4v) is 2.95. The average Bonchev–Trinajstić information content (AvgIpc) is 3.05. The zero-order valence-corrected chi connectivity index (χ0v) is 14.2. The van der Waals surface area contributed by atoms with Crippen molar-refractivity contribution in [2.45, 2.75) is 0 Å². The highest BCUT2D eigenvalue weighted by Gasteiger charge is 2.07. The van der Waals surface area contributed by atoms with Crippen molar-refractivity contribution in [2.24, 2.45) is 0 Å². The largest absolute Gasteiger partial charge is 0.497 e. The second kappa shape index (κ2) is 6.76. The standard InChI is InChI=1S/C22H17NO3/c1-25-16-6-4-5-15(13-16)9-12-22(24)26-17-10-11-21-19(14-17)18-7-2-3-8-20(18)23-21/h2-14,23H,1H3/b12-9+. The van der Waals surface area contributed by atoms with Crippen LogP contribution in [0.3, 0.4) is 0 Å². The zero-order chi connectivity index (χ0) is 17.9. The summed E-state index contributed by atoms with van der Waals surface area (Å²) in [6.45, 7) is 0. The van der Waals surface area contributed by atoms with Crippen molar-refractivity contribution in [1.82, 2.24) is 4.98 Å². The fourth-order valence-electron chi connectivity index (χ4n) is 2.95. The highest BCUT2D eigenvalue weighted by molar-refractivity contribution is 6.07. The van der Waals surface area contributed by atoms with Crippen molar-refractivity contribution in [3.05, 3.63) is 78.4 Å². The van der Waals surface area contributed by atoms with Crippen molar-refractivity contribution in [3.63, 3.8) is 0 Å².